The van der Waals surface area contributed by atoms with E-state index in [-0.39, 0.29) is 23.7 Å². The van der Waals surface area contributed by atoms with Crippen LogP contribution in [0.1, 0.15) is 40.0 Å². The molecule has 6 heteroatoms. The first-order valence-corrected chi connectivity index (χ1v) is 7.39. The average Bonchev–Trinajstić information content (AvgIpc) is 3.19. The third-order valence-corrected chi connectivity index (χ3v) is 5.44. The number of aliphatic hydroxyl groups excluding tert-OH is 1. The maximum Gasteiger partial charge on any atom is 0.336 e. The van der Waals surface area contributed by atoms with Crippen LogP contribution in [0.4, 0.5) is 0 Å². The van der Waals surface area contributed by atoms with Gasteiger partial charge in [-0.05, 0) is 33.6 Å². The maximum atomic E-state index is 11.9. The lowest BCUT2D eigenvalue weighted by Gasteiger charge is -2.30. The Morgan fingerprint density at radius 2 is 1.95 bits per heavy atom. The van der Waals surface area contributed by atoms with E-state index < -0.39 is 35.2 Å². The Kier molecular flexibility index (Phi) is 2.40. The molecule has 3 heterocycles. The van der Waals surface area contributed by atoms with Crippen molar-refractivity contribution in [2.75, 3.05) is 0 Å². The van der Waals surface area contributed by atoms with Gasteiger partial charge in [0.15, 0.2) is 0 Å². The first-order chi connectivity index (χ1) is 9.69. The fraction of sp³-hybridized carbons (Fsp3) is 0.800. The van der Waals surface area contributed by atoms with Gasteiger partial charge in [-0.2, -0.15) is 0 Å². The third kappa shape index (κ3) is 1.76. The van der Waals surface area contributed by atoms with Gasteiger partial charge >= 0.3 is 5.97 Å². The molecule has 3 aliphatic heterocycles. The number of ether oxygens (including phenoxy) is 3. The highest BCUT2D eigenvalue weighted by atomic mass is 16.7. The van der Waals surface area contributed by atoms with E-state index in [1.165, 1.54) is 0 Å². The summed E-state index contributed by atoms with van der Waals surface area (Å²) < 4.78 is 16.6. The van der Waals surface area contributed by atoms with Gasteiger partial charge in [-0.25, -0.2) is 4.79 Å². The molecule has 0 aromatic rings. The first kappa shape index (κ1) is 13.7. The minimum Gasteiger partial charge on any atom is -0.426 e. The van der Waals surface area contributed by atoms with Crippen LogP contribution in [-0.4, -0.2) is 51.5 Å². The Bertz CT molecular complexity index is 571. The second-order valence-electron chi connectivity index (χ2n) is 7.14. The van der Waals surface area contributed by atoms with E-state index in [0.717, 1.165) is 12.8 Å². The molecule has 6 atom stereocenters. The second-order valence-corrected chi connectivity index (χ2v) is 7.14. The lowest BCUT2D eigenvalue weighted by Crippen LogP contribution is -2.43. The third-order valence-electron chi connectivity index (χ3n) is 5.44. The Hall–Kier alpha value is -0.950. The van der Waals surface area contributed by atoms with Crippen molar-refractivity contribution in [2.45, 2.75) is 75.3 Å². The van der Waals surface area contributed by atoms with Crippen molar-refractivity contribution in [1.29, 1.82) is 0 Å². The minimum atomic E-state index is -1.80. The van der Waals surface area contributed by atoms with Gasteiger partial charge in [0.1, 0.15) is 12.2 Å². The molecule has 21 heavy (non-hydrogen) atoms. The van der Waals surface area contributed by atoms with Crippen molar-refractivity contribution in [3.05, 3.63) is 11.1 Å². The van der Waals surface area contributed by atoms with E-state index in [0.29, 0.717) is 0 Å². The molecular formula is C15H20O6. The van der Waals surface area contributed by atoms with Gasteiger partial charge in [0.05, 0.1) is 17.3 Å². The van der Waals surface area contributed by atoms with Crippen LogP contribution in [0, 0.1) is 0 Å². The van der Waals surface area contributed by atoms with Crippen molar-refractivity contribution in [3.8, 4) is 0 Å². The summed E-state index contributed by atoms with van der Waals surface area (Å²) in [7, 11) is 0. The van der Waals surface area contributed by atoms with Crippen molar-refractivity contribution in [3.63, 3.8) is 0 Å². The Morgan fingerprint density at radius 1 is 1.24 bits per heavy atom. The van der Waals surface area contributed by atoms with Crippen LogP contribution in [0.2, 0.25) is 0 Å². The van der Waals surface area contributed by atoms with Crippen LogP contribution in [-0.2, 0) is 19.0 Å². The fourth-order valence-electron chi connectivity index (χ4n) is 3.98. The van der Waals surface area contributed by atoms with Crippen LogP contribution >= 0.6 is 0 Å². The molecule has 0 aromatic heterocycles. The van der Waals surface area contributed by atoms with E-state index in [2.05, 4.69) is 0 Å². The Morgan fingerprint density at radius 3 is 2.67 bits per heavy atom. The highest BCUT2D eigenvalue weighted by Crippen LogP contribution is 2.55. The molecule has 3 fully saturated rings. The summed E-state index contributed by atoms with van der Waals surface area (Å²) in [4.78, 5) is 11.9. The molecule has 2 N–H and O–H groups in total. The summed E-state index contributed by atoms with van der Waals surface area (Å²) in [6.07, 6.45) is 0.312. The molecule has 2 saturated heterocycles. The molecule has 0 radical (unpaired) electrons. The fourth-order valence-corrected chi connectivity index (χ4v) is 3.98. The quantitative estimate of drug-likeness (QED) is 0.497. The number of fused-ring (bicyclic) bond motifs is 3. The minimum absolute atomic E-state index is 0.0271. The molecule has 4 aliphatic rings. The molecule has 0 unspecified atom stereocenters. The van der Waals surface area contributed by atoms with Gasteiger partial charge < -0.3 is 24.4 Å². The van der Waals surface area contributed by atoms with Crippen molar-refractivity contribution >= 4 is 5.97 Å². The molecule has 6 nitrogen and oxygen atoms in total. The smallest absolute Gasteiger partial charge is 0.336 e. The van der Waals surface area contributed by atoms with Gasteiger partial charge in [-0.1, -0.05) is 0 Å². The topological polar surface area (TPSA) is 91.8 Å². The first-order valence-electron chi connectivity index (χ1n) is 7.39. The van der Waals surface area contributed by atoms with Gasteiger partial charge in [-0.15, -0.1) is 0 Å². The van der Waals surface area contributed by atoms with Gasteiger partial charge in [0.2, 0.25) is 5.79 Å². The largest absolute Gasteiger partial charge is 0.426 e. The molecule has 0 aromatic carbocycles. The highest BCUT2D eigenvalue weighted by Gasteiger charge is 2.67. The molecular weight excluding hydrogens is 276 g/mol. The summed E-state index contributed by atoms with van der Waals surface area (Å²) in [5.74, 6) is -2.39. The molecule has 1 saturated carbocycles. The predicted molar refractivity (Wildman–Crippen MR) is 70.2 cm³/mol. The maximum absolute atomic E-state index is 11.9. The number of aliphatic hydroxyl groups is 2. The zero-order valence-electron chi connectivity index (χ0n) is 12.4. The summed E-state index contributed by atoms with van der Waals surface area (Å²) in [5.41, 5.74) is -0.450. The summed E-state index contributed by atoms with van der Waals surface area (Å²) in [5, 5.41) is 21.4. The van der Waals surface area contributed by atoms with Crippen molar-refractivity contribution < 1.29 is 29.2 Å². The number of esters is 1. The summed E-state index contributed by atoms with van der Waals surface area (Å²) in [6.45, 7) is 5.41. The number of carbonyl (C=O) groups is 1. The zero-order chi connectivity index (χ0) is 15.2. The van der Waals surface area contributed by atoms with Crippen molar-refractivity contribution in [1.82, 2.24) is 0 Å². The molecule has 0 spiro atoms. The van der Waals surface area contributed by atoms with E-state index in [9.17, 15) is 15.0 Å². The molecule has 1 aliphatic carbocycles. The van der Waals surface area contributed by atoms with E-state index in [4.69, 9.17) is 14.2 Å². The summed E-state index contributed by atoms with van der Waals surface area (Å²) >= 11 is 0. The van der Waals surface area contributed by atoms with Crippen LogP contribution in [0.5, 0.6) is 0 Å². The second kappa shape index (κ2) is 3.68. The van der Waals surface area contributed by atoms with E-state index in [1.807, 2.05) is 13.8 Å². The van der Waals surface area contributed by atoms with Gasteiger partial charge in [0, 0.05) is 17.6 Å². The lowest BCUT2D eigenvalue weighted by molar-refractivity contribution is -0.190. The molecule has 0 bridgehead atoms. The van der Waals surface area contributed by atoms with E-state index in [1.54, 1.807) is 6.92 Å². The van der Waals surface area contributed by atoms with Crippen LogP contribution in [0.25, 0.3) is 0 Å². The Labute approximate surface area is 122 Å². The number of hydrogen-bond acceptors (Lipinski definition) is 6. The highest BCUT2D eigenvalue weighted by molar-refractivity contribution is 5.92. The number of rotatable bonds is 0. The monoisotopic (exact) mass is 296 g/mol. The number of carbonyl (C=O) groups excluding carboxylic acids is 1. The molecule has 0 amide bonds. The number of epoxide rings is 2. The van der Waals surface area contributed by atoms with Crippen molar-refractivity contribution in [2.24, 2.45) is 0 Å². The Balaban J connectivity index is 1.77. The predicted octanol–water partition coefficient (Wildman–Crippen LogP) is 0.408. The zero-order valence-corrected chi connectivity index (χ0v) is 12.4. The molecule has 4 rings (SSSR count). The van der Waals surface area contributed by atoms with Crippen LogP contribution in [0.15, 0.2) is 11.1 Å². The van der Waals surface area contributed by atoms with Crippen LogP contribution in [0.3, 0.4) is 0 Å². The molecule has 116 valence electrons. The number of hydrogen-bond donors (Lipinski definition) is 2. The van der Waals surface area contributed by atoms with E-state index >= 15 is 0 Å². The average molecular weight is 296 g/mol. The standard InChI is InChI=1S/C15H20O6/c1-7-9-10(16)11-13(2,20-11)5-4-8-14(3,19-8)6-15(9,18)21-12(7)17/h8,10-11,16,18H,4-6H2,1-3H3/t8-,10-,11+,13-,14+,15+/m1/s1. The van der Waals surface area contributed by atoms with Gasteiger partial charge in [0.25, 0.3) is 0 Å². The van der Waals surface area contributed by atoms with Gasteiger partial charge in [-0.3, -0.25) is 0 Å². The van der Waals surface area contributed by atoms with Crippen LogP contribution < -0.4 is 0 Å². The summed E-state index contributed by atoms with van der Waals surface area (Å²) in [6, 6.07) is 0. The lowest BCUT2D eigenvalue weighted by atomic mass is 9.82. The normalized spacial score (nSPS) is 55.3. The SMILES string of the molecule is CC1=C2[C@@H](O)[C@@H]3O[C@]3(C)CC[C@H]3O[C@@]3(C)C[C@]2(O)OC1=O.